The lowest BCUT2D eigenvalue weighted by Crippen LogP contribution is -2.46. The first-order chi connectivity index (χ1) is 17.0. The van der Waals surface area contributed by atoms with E-state index < -0.39 is 0 Å². The topological polar surface area (TPSA) is 45.1 Å². The van der Waals surface area contributed by atoms with Crippen LogP contribution in [0.1, 0.15) is 31.4 Å². The fraction of sp³-hybridized carbons (Fsp3) is 0.379. The average Bonchev–Trinajstić information content (AvgIpc) is 3.20. The Morgan fingerprint density at radius 3 is 2.60 bits per heavy atom. The van der Waals surface area contributed by atoms with E-state index in [1.807, 2.05) is 65.6 Å². The number of rotatable bonds is 10. The van der Waals surface area contributed by atoms with Crippen molar-refractivity contribution in [2.24, 2.45) is 10.9 Å². The molecule has 4 rings (SSSR count). The predicted molar refractivity (Wildman–Crippen MR) is 143 cm³/mol. The van der Waals surface area contributed by atoms with E-state index in [4.69, 9.17) is 21.3 Å². The number of aliphatic imine (C=N–C) groups is 1. The third-order valence-electron chi connectivity index (χ3n) is 6.62. The number of hydrogen-bond donors (Lipinski definition) is 0. The molecule has 2 aliphatic heterocycles. The van der Waals surface area contributed by atoms with Gasteiger partial charge in [0.15, 0.2) is 0 Å². The Kier molecular flexibility index (Phi) is 8.29. The number of benzene rings is 2. The molecule has 0 aromatic heterocycles. The third kappa shape index (κ3) is 6.15. The second-order valence-corrected chi connectivity index (χ2v) is 9.94. The van der Waals surface area contributed by atoms with E-state index in [0.29, 0.717) is 30.5 Å². The van der Waals surface area contributed by atoms with Crippen LogP contribution < -0.4 is 4.74 Å². The Morgan fingerprint density at radius 1 is 1.11 bits per heavy atom. The zero-order valence-electron chi connectivity index (χ0n) is 20.7. The van der Waals surface area contributed by atoms with Crippen molar-refractivity contribution in [1.29, 1.82) is 0 Å². The van der Waals surface area contributed by atoms with Gasteiger partial charge < -0.3 is 14.5 Å². The van der Waals surface area contributed by atoms with Crippen molar-refractivity contribution in [2.45, 2.75) is 45.2 Å². The van der Waals surface area contributed by atoms with Gasteiger partial charge in [-0.2, -0.15) is 0 Å². The first-order valence-corrected chi connectivity index (χ1v) is 12.7. The van der Waals surface area contributed by atoms with Crippen LogP contribution in [0.25, 0.3) is 0 Å². The Morgan fingerprint density at radius 2 is 1.86 bits per heavy atom. The molecule has 2 unspecified atom stereocenters. The number of amidine groups is 1. The fourth-order valence-corrected chi connectivity index (χ4v) is 4.85. The van der Waals surface area contributed by atoms with Crippen LogP contribution in [0, 0.1) is 5.92 Å². The van der Waals surface area contributed by atoms with Crippen LogP contribution in [0.3, 0.4) is 0 Å². The molecule has 6 heteroatoms. The summed E-state index contributed by atoms with van der Waals surface area (Å²) in [5.41, 5.74) is 2.00. The molecule has 0 saturated carbocycles. The molecule has 0 bridgehead atoms. The number of carbonyl (C=O) groups is 1. The van der Waals surface area contributed by atoms with Gasteiger partial charge in [0.2, 0.25) is 5.91 Å². The van der Waals surface area contributed by atoms with Crippen LogP contribution >= 0.6 is 11.6 Å². The number of halogens is 1. The number of ether oxygens (including phenoxy) is 1. The molecule has 2 aliphatic rings. The number of methoxy groups -OCH3 is 1. The minimum Gasteiger partial charge on any atom is -0.496 e. The first kappa shape index (κ1) is 25.1. The summed E-state index contributed by atoms with van der Waals surface area (Å²) in [6.45, 7) is 5.65. The molecule has 35 heavy (non-hydrogen) atoms. The molecule has 0 spiro atoms. The summed E-state index contributed by atoms with van der Waals surface area (Å²) in [4.78, 5) is 22.8. The van der Waals surface area contributed by atoms with Crippen molar-refractivity contribution in [1.82, 2.24) is 9.80 Å². The number of fused-ring (bicyclic) bond motifs is 1. The maximum Gasteiger partial charge on any atom is 0.227 e. The van der Waals surface area contributed by atoms with Crippen LogP contribution in [0.5, 0.6) is 5.75 Å². The van der Waals surface area contributed by atoms with Crippen molar-refractivity contribution >= 4 is 23.3 Å². The second kappa shape index (κ2) is 11.6. The summed E-state index contributed by atoms with van der Waals surface area (Å²) in [5.74, 6) is 2.41. The number of para-hydroxylation sites is 1. The number of allylic oxidation sites excluding steroid dienone is 2. The molecule has 2 aromatic rings. The molecule has 0 fully saturated rings. The maximum absolute atomic E-state index is 13.5. The molecule has 0 radical (unpaired) electrons. The SMILES string of the molecule is COc1ccccc1CC1C(CN(CCC(C)C)C(=O)Cc2ccccc2Cl)N=C2C=CC=CN21. The molecular weight excluding hydrogens is 458 g/mol. The summed E-state index contributed by atoms with van der Waals surface area (Å²) in [7, 11) is 1.71. The van der Waals surface area contributed by atoms with Gasteiger partial charge in [-0.1, -0.05) is 67.9 Å². The minimum atomic E-state index is -0.0512. The Balaban J connectivity index is 1.58. The van der Waals surface area contributed by atoms with Gasteiger partial charge in [-0.3, -0.25) is 9.79 Å². The molecule has 5 nitrogen and oxygen atoms in total. The van der Waals surface area contributed by atoms with Crippen molar-refractivity contribution in [2.75, 3.05) is 20.2 Å². The summed E-state index contributed by atoms with van der Waals surface area (Å²) in [5, 5.41) is 0.632. The predicted octanol–water partition coefficient (Wildman–Crippen LogP) is 5.54. The highest BCUT2D eigenvalue weighted by Crippen LogP contribution is 2.29. The highest BCUT2D eigenvalue weighted by atomic mass is 35.5. The number of nitrogens with zero attached hydrogens (tertiary/aromatic N) is 3. The Labute approximate surface area is 213 Å². The second-order valence-electron chi connectivity index (χ2n) is 9.54. The van der Waals surface area contributed by atoms with Gasteiger partial charge in [0.1, 0.15) is 11.6 Å². The van der Waals surface area contributed by atoms with Crippen molar-refractivity contribution in [3.63, 3.8) is 0 Å². The van der Waals surface area contributed by atoms with Crippen LogP contribution in [0.15, 0.2) is 78.0 Å². The van der Waals surface area contributed by atoms with Crippen molar-refractivity contribution in [3.05, 3.63) is 89.1 Å². The molecule has 0 saturated heterocycles. The smallest absolute Gasteiger partial charge is 0.227 e. The molecule has 184 valence electrons. The van der Waals surface area contributed by atoms with Crippen molar-refractivity contribution in [3.8, 4) is 5.75 Å². The van der Waals surface area contributed by atoms with Gasteiger partial charge in [0.05, 0.1) is 25.6 Å². The van der Waals surface area contributed by atoms with Gasteiger partial charge in [0.25, 0.3) is 0 Å². The zero-order chi connectivity index (χ0) is 24.8. The summed E-state index contributed by atoms with van der Waals surface area (Å²) >= 11 is 6.37. The van der Waals surface area contributed by atoms with Crippen LogP contribution in [0.2, 0.25) is 5.02 Å². The lowest BCUT2D eigenvalue weighted by atomic mass is 9.97. The maximum atomic E-state index is 13.5. The lowest BCUT2D eigenvalue weighted by molar-refractivity contribution is -0.131. The quantitative estimate of drug-likeness (QED) is 0.438. The molecule has 0 N–H and O–H groups in total. The van der Waals surface area contributed by atoms with E-state index >= 15 is 0 Å². The normalized spacial score (nSPS) is 18.5. The average molecular weight is 492 g/mol. The highest BCUT2D eigenvalue weighted by Gasteiger charge is 2.37. The minimum absolute atomic E-state index is 0.0512. The molecule has 2 aromatic carbocycles. The molecule has 0 aliphatic carbocycles. The Bertz CT molecular complexity index is 1120. The van der Waals surface area contributed by atoms with Crippen LogP contribution in [-0.4, -0.2) is 53.8 Å². The first-order valence-electron chi connectivity index (χ1n) is 12.3. The van der Waals surface area contributed by atoms with E-state index in [-0.39, 0.29) is 18.0 Å². The summed E-state index contributed by atoms with van der Waals surface area (Å²) in [6, 6.07) is 15.8. The van der Waals surface area contributed by atoms with E-state index in [9.17, 15) is 4.79 Å². The fourth-order valence-electron chi connectivity index (χ4n) is 4.65. The number of hydrogen-bond acceptors (Lipinski definition) is 4. The van der Waals surface area contributed by atoms with Crippen LogP contribution in [0.4, 0.5) is 0 Å². The lowest BCUT2D eigenvalue weighted by Gasteiger charge is -2.32. The van der Waals surface area contributed by atoms with E-state index in [2.05, 4.69) is 31.0 Å². The van der Waals surface area contributed by atoms with Gasteiger partial charge >= 0.3 is 0 Å². The van der Waals surface area contributed by atoms with Gasteiger partial charge in [0, 0.05) is 24.3 Å². The zero-order valence-corrected chi connectivity index (χ0v) is 21.5. The third-order valence-corrected chi connectivity index (χ3v) is 6.99. The highest BCUT2D eigenvalue weighted by molar-refractivity contribution is 6.31. The number of carbonyl (C=O) groups excluding carboxylic acids is 1. The monoisotopic (exact) mass is 491 g/mol. The molecule has 2 heterocycles. The largest absolute Gasteiger partial charge is 0.496 e. The van der Waals surface area contributed by atoms with Crippen LogP contribution in [-0.2, 0) is 17.6 Å². The van der Waals surface area contributed by atoms with E-state index in [1.165, 1.54) is 0 Å². The molecular formula is C29H34ClN3O2. The molecule has 2 atom stereocenters. The van der Waals surface area contributed by atoms with E-state index in [0.717, 1.165) is 35.6 Å². The Hall–Kier alpha value is -3.05. The molecule has 1 amide bonds. The van der Waals surface area contributed by atoms with Crippen molar-refractivity contribution < 1.29 is 9.53 Å². The van der Waals surface area contributed by atoms with Gasteiger partial charge in [-0.25, -0.2) is 0 Å². The summed E-state index contributed by atoms with van der Waals surface area (Å²) < 4.78 is 5.62. The van der Waals surface area contributed by atoms with E-state index in [1.54, 1.807) is 7.11 Å². The summed E-state index contributed by atoms with van der Waals surface area (Å²) in [6.07, 6.45) is 10.2. The van der Waals surface area contributed by atoms with Gasteiger partial charge in [-0.15, -0.1) is 0 Å². The number of amides is 1. The van der Waals surface area contributed by atoms with Gasteiger partial charge in [-0.05, 0) is 54.2 Å². The standard InChI is InChI=1S/C29H34ClN3O2/c1-21(2)15-17-32(29(34)19-22-10-4-6-12-24(22)30)20-25-26(33-16-9-8-14-28(33)31-25)18-23-11-5-7-13-27(23)35-3/h4-14,16,21,25-26H,15,17-20H2,1-3H3.